The van der Waals surface area contributed by atoms with Gasteiger partial charge in [-0.05, 0) is 36.4 Å². The predicted molar refractivity (Wildman–Crippen MR) is 80.1 cm³/mol. The number of benzene rings is 2. The van der Waals surface area contributed by atoms with Crippen molar-refractivity contribution in [1.29, 1.82) is 0 Å². The van der Waals surface area contributed by atoms with Crippen molar-refractivity contribution in [3.63, 3.8) is 0 Å². The topological polar surface area (TPSA) is 57.6 Å². The summed E-state index contributed by atoms with van der Waals surface area (Å²) >= 11 is 11.3. The van der Waals surface area contributed by atoms with E-state index in [4.69, 9.17) is 23.2 Å². The molecular weight excluding hydrogens is 340 g/mol. The molecular formula is C13H10Cl2FNO3S. The zero-order valence-electron chi connectivity index (χ0n) is 10.7. The van der Waals surface area contributed by atoms with E-state index in [0.717, 1.165) is 16.4 Å². The van der Waals surface area contributed by atoms with Gasteiger partial charge in [-0.3, -0.25) is 4.31 Å². The fourth-order valence-electron chi connectivity index (χ4n) is 1.66. The number of sulfonamides is 1. The van der Waals surface area contributed by atoms with Gasteiger partial charge < -0.3 is 5.11 Å². The third-order valence-corrected chi connectivity index (χ3v) is 5.45. The molecule has 2 aromatic rings. The lowest BCUT2D eigenvalue weighted by Gasteiger charge is -2.20. The molecule has 0 heterocycles. The Labute approximate surface area is 131 Å². The molecule has 2 rings (SSSR count). The van der Waals surface area contributed by atoms with Crippen LogP contribution in [0.1, 0.15) is 0 Å². The number of nitrogens with zero attached hydrogens (tertiary/aromatic N) is 1. The summed E-state index contributed by atoms with van der Waals surface area (Å²) < 4.78 is 39.5. The molecule has 8 heteroatoms. The number of hydrogen-bond acceptors (Lipinski definition) is 3. The fraction of sp³-hybridized carbons (Fsp3) is 0.0769. The van der Waals surface area contributed by atoms with E-state index < -0.39 is 20.9 Å². The van der Waals surface area contributed by atoms with Crippen LogP contribution in [0.5, 0.6) is 5.75 Å². The Hall–Kier alpha value is -1.50. The van der Waals surface area contributed by atoms with Crippen molar-refractivity contribution in [3.8, 4) is 5.75 Å². The Bertz CT molecular complexity index is 779. The van der Waals surface area contributed by atoms with Crippen LogP contribution in [0.25, 0.3) is 0 Å². The summed E-state index contributed by atoms with van der Waals surface area (Å²) in [6, 6.07) is 7.76. The smallest absolute Gasteiger partial charge is 0.265 e. The molecule has 0 spiro atoms. The molecule has 21 heavy (non-hydrogen) atoms. The van der Waals surface area contributed by atoms with E-state index in [1.807, 2.05) is 0 Å². The molecule has 0 aliphatic rings. The third kappa shape index (κ3) is 2.92. The monoisotopic (exact) mass is 349 g/mol. The lowest BCUT2D eigenvalue weighted by Crippen LogP contribution is -2.26. The zero-order valence-corrected chi connectivity index (χ0v) is 13.0. The molecule has 0 aromatic heterocycles. The van der Waals surface area contributed by atoms with Crippen molar-refractivity contribution in [3.05, 3.63) is 52.3 Å². The molecule has 0 radical (unpaired) electrons. The van der Waals surface area contributed by atoms with E-state index in [2.05, 4.69) is 0 Å². The molecule has 1 N–H and O–H groups in total. The maximum atomic E-state index is 13.7. The third-order valence-electron chi connectivity index (χ3n) is 2.85. The number of anilines is 1. The Morgan fingerprint density at radius 3 is 2.24 bits per heavy atom. The molecule has 0 aliphatic carbocycles. The van der Waals surface area contributed by atoms with Crippen LogP contribution in [0, 0.1) is 5.82 Å². The summed E-state index contributed by atoms with van der Waals surface area (Å²) in [5, 5.41) is 8.40. The van der Waals surface area contributed by atoms with E-state index in [-0.39, 0.29) is 15.7 Å². The van der Waals surface area contributed by atoms with Gasteiger partial charge in [-0.25, -0.2) is 12.8 Å². The van der Waals surface area contributed by atoms with Crippen molar-refractivity contribution in [1.82, 2.24) is 0 Å². The molecule has 0 aliphatic heterocycles. The van der Waals surface area contributed by atoms with Gasteiger partial charge in [-0.1, -0.05) is 23.2 Å². The van der Waals surface area contributed by atoms with Crippen molar-refractivity contribution in [2.45, 2.75) is 4.90 Å². The normalized spacial score (nSPS) is 11.4. The van der Waals surface area contributed by atoms with E-state index in [1.54, 1.807) is 0 Å². The number of hydrogen-bond donors (Lipinski definition) is 1. The van der Waals surface area contributed by atoms with Gasteiger partial charge in [0, 0.05) is 7.05 Å². The lowest BCUT2D eigenvalue weighted by atomic mass is 10.3. The summed E-state index contributed by atoms with van der Waals surface area (Å²) in [6.07, 6.45) is 0. The molecule has 2 aromatic carbocycles. The number of halogens is 3. The molecule has 0 fully saturated rings. The first-order valence-corrected chi connectivity index (χ1v) is 7.86. The number of rotatable bonds is 3. The van der Waals surface area contributed by atoms with Crippen molar-refractivity contribution in [2.24, 2.45) is 0 Å². The quantitative estimate of drug-likeness (QED) is 0.860. The second-order valence-electron chi connectivity index (χ2n) is 4.16. The predicted octanol–water partition coefficient (Wildman–Crippen LogP) is 3.66. The minimum absolute atomic E-state index is 0.000109. The molecule has 0 amide bonds. The minimum atomic E-state index is -4.05. The zero-order chi connectivity index (χ0) is 15.8. The standard InChI is InChI=1S/C13H10Cl2FNO3S/c1-17(8-2-4-9(18)5-3-8)21(19,20)11-7-6-10(14)13(16)12(11)15/h2-7,18H,1H3. The van der Waals surface area contributed by atoms with Gasteiger partial charge in [0.25, 0.3) is 10.0 Å². The highest BCUT2D eigenvalue weighted by Crippen LogP contribution is 2.32. The van der Waals surface area contributed by atoms with Gasteiger partial charge in [0.15, 0.2) is 5.82 Å². The first-order chi connectivity index (χ1) is 9.75. The van der Waals surface area contributed by atoms with Gasteiger partial charge in [-0.2, -0.15) is 0 Å². The molecule has 4 nitrogen and oxygen atoms in total. The summed E-state index contributed by atoms with van der Waals surface area (Å²) in [5.74, 6) is -0.987. The second kappa shape index (κ2) is 5.71. The summed E-state index contributed by atoms with van der Waals surface area (Å²) in [6.45, 7) is 0. The Balaban J connectivity index is 2.52. The van der Waals surface area contributed by atoms with Crippen LogP contribution >= 0.6 is 23.2 Å². The summed E-state index contributed by atoms with van der Waals surface area (Å²) in [4.78, 5) is -0.387. The van der Waals surface area contributed by atoms with Crippen molar-refractivity contribution >= 4 is 38.9 Å². The highest BCUT2D eigenvalue weighted by molar-refractivity contribution is 7.93. The first kappa shape index (κ1) is 15.9. The van der Waals surface area contributed by atoms with E-state index in [1.165, 1.54) is 31.3 Å². The number of phenolic OH excluding ortho intramolecular Hbond substituents is 1. The SMILES string of the molecule is CN(c1ccc(O)cc1)S(=O)(=O)c1ccc(Cl)c(F)c1Cl. The van der Waals surface area contributed by atoms with Crippen molar-refractivity contribution in [2.75, 3.05) is 11.4 Å². The average molecular weight is 350 g/mol. The second-order valence-corrected chi connectivity index (χ2v) is 6.89. The molecule has 0 saturated carbocycles. The van der Waals surface area contributed by atoms with E-state index >= 15 is 0 Å². The van der Waals surface area contributed by atoms with Crippen LogP contribution in [0.4, 0.5) is 10.1 Å². The molecule has 0 unspecified atom stereocenters. The van der Waals surface area contributed by atoms with Gasteiger partial charge in [-0.15, -0.1) is 0 Å². The average Bonchev–Trinajstić information content (AvgIpc) is 2.44. The largest absolute Gasteiger partial charge is 0.508 e. The number of phenols is 1. The van der Waals surface area contributed by atoms with E-state index in [0.29, 0.717) is 5.69 Å². The lowest BCUT2D eigenvalue weighted by molar-refractivity contribution is 0.475. The fourth-order valence-corrected chi connectivity index (χ4v) is 3.57. The Morgan fingerprint density at radius 1 is 1.10 bits per heavy atom. The van der Waals surface area contributed by atoms with Crippen LogP contribution in [-0.2, 0) is 10.0 Å². The number of aromatic hydroxyl groups is 1. The van der Waals surface area contributed by atoms with Gasteiger partial charge in [0.1, 0.15) is 10.6 Å². The molecule has 0 saturated heterocycles. The molecule has 0 bridgehead atoms. The first-order valence-electron chi connectivity index (χ1n) is 5.66. The molecule has 112 valence electrons. The van der Waals surface area contributed by atoms with Gasteiger partial charge in [0.2, 0.25) is 0 Å². The highest BCUT2D eigenvalue weighted by Gasteiger charge is 2.26. The Kier molecular flexibility index (Phi) is 4.32. The van der Waals surface area contributed by atoms with E-state index in [9.17, 15) is 17.9 Å². The maximum Gasteiger partial charge on any atom is 0.265 e. The highest BCUT2D eigenvalue weighted by atomic mass is 35.5. The van der Waals surface area contributed by atoms with Crippen LogP contribution in [0.3, 0.4) is 0 Å². The van der Waals surface area contributed by atoms with Gasteiger partial charge in [0.05, 0.1) is 15.7 Å². The van der Waals surface area contributed by atoms with Crippen LogP contribution in [-0.4, -0.2) is 20.6 Å². The molecule has 0 atom stereocenters. The van der Waals surface area contributed by atoms with Crippen LogP contribution < -0.4 is 4.31 Å². The summed E-state index contributed by atoms with van der Waals surface area (Å²) in [5.41, 5.74) is 0.291. The van der Waals surface area contributed by atoms with Crippen LogP contribution in [0.15, 0.2) is 41.3 Å². The maximum absolute atomic E-state index is 13.7. The Morgan fingerprint density at radius 2 is 1.67 bits per heavy atom. The summed E-state index contributed by atoms with van der Waals surface area (Å²) in [7, 11) is -2.76. The minimum Gasteiger partial charge on any atom is -0.508 e. The van der Waals surface area contributed by atoms with Crippen LogP contribution in [0.2, 0.25) is 10.0 Å². The van der Waals surface area contributed by atoms with Crippen molar-refractivity contribution < 1.29 is 17.9 Å². The van der Waals surface area contributed by atoms with Gasteiger partial charge >= 0.3 is 0 Å².